The van der Waals surface area contributed by atoms with Gasteiger partial charge in [0.15, 0.2) is 0 Å². The first-order chi connectivity index (χ1) is 10.1. The van der Waals surface area contributed by atoms with E-state index in [1.54, 1.807) is 24.3 Å². The second-order valence-corrected chi connectivity index (χ2v) is 5.30. The van der Waals surface area contributed by atoms with E-state index in [0.29, 0.717) is 11.1 Å². The number of hydrogen-bond acceptors (Lipinski definition) is 2. The number of primary amides is 1. The van der Waals surface area contributed by atoms with E-state index in [1.807, 2.05) is 30.0 Å². The minimum atomic E-state index is -0.492. The molecule has 2 aromatic rings. The first-order valence-electron chi connectivity index (χ1n) is 6.89. The quantitative estimate of drug-likeness (QED) is 0.918. The van der Waals surface area contributed by atoms with Gasteiger partial charge in [-0.25, -0.2) is 0 Å². The molecule has 0 aliphatic carbocycles. The minimum absolute atomic E-state index is 0.0523. The third-order valence-corrected chi connectivity index (χ3v) is 3.84. The highest BCUT2D eigenvalue weighted by Crippen LogP contribution is 2.32. The molecule has 2 aromatic carbocycles. The summed E-state index contributed by atoms with van der Waals surface area (Å²) < 4.78 is 0. The lowest BCUT2D eigenvalue weighted by Gasteiger charge is -2.22. The Labute approximate surface area is 123 Å². The number of fused-ring (bicyclic) bond motifs is 1. The van der Waals surface area contributed by atoms with Crippen LogP contribution in [0.15, 0.2) is 48.5 Å². The number of hydrogen-bond donors (Lipinski definition) is 1. The van der Waals surface area contributed by atoms with E-state index in [-0.39, 0.29) is 11.9 Å². The number of nitrogens with zero attached hydrogens (tertiary/aromatic N) is 1. The maximum absolute atomic E-state index is 12.7. The number of carbonyl (C=O) groups is 2. The van der Waals surface area contributed by atoms with Crippen LogP contribution in [-0.4, -0.2) is 17.9 Å². The zero-order valence-corrected chi connectivity index (χ0v) is 11.7. The molecule has 4 heteroatoms. The van der Waals surface area contributed by atoms with Crippen molar-refractivity contribution in [3.8, 4) is 0 Å². The topological polar surface area (TPSA) is 63.4 Å². The van der Waals surface area contributed by atoms with Gasteiger partial charge in [-0.2, -0.15) is 0 Å². The van der Waals surface area contributed by atoms with Gasteiger partial charge in [-0.05, 0) is 49.2 Å². The highest BCUT2D eigenvalue weighted by molar-refractivity contribution is 6.08. The van der Waals surface area contributed by atoms with Crippen LogP contribution in [0.1, 0.15) is 33.2 Å². The minimum Gasteiger partial charge on any atom is -0.366 e. The number of nitrogens with two attached hydrogens (primary N) is 1. The molecule has 1 heterocycles. The Morgan fingerprint density at radius 3 is 2.33 bits per heavy atom. The SMILES string of the molecule is CC1Cc2ccccc2N1C(=O)c1ccc(C(N)=O)cc1. The average molecular weight is 280 g/mol. The number of para-hydroxylation sites is 1. The summed E-state index contributed by atoms with van der Waals surface area (Å²) in [4.78, 5) is 25.6. The van der Waals surface area contributed by atoms with Gasteiger partial charge in [-0.15, -0.1) is 0 Å². The van der Waals surface area contributed by atoms with Crippen molar-refractivity contribution >= 4 is 17.5 Å². The summed E-state index contributed by atoms with van der Waals surface area (Å²) >= 11 is 0. The zero-order valence-electron chi connectivity index (χ0n) is 11.7. The second-order valence-electron chi connectivity index (χ2n) is 5.30. The summed E-state index contributed by atoms with van der Waals surface area (Å²) in [6.07, 6.45) is 0.862. The summed E-state index contributed by atoms with van der Waals surface area (Å²) in [5.74, 6) is -0.544. The average Bonchev–Trinajstić information content (AvgIpc) is 2.82. The van der Waals surface area contributed by atoms with Crippen LogP contribution in [0.4, 0.5) is 5.69 Å². The fourth-order valence-corrected chi connectivity index (χ4v) is 2.79. The Morgan fingerprint density at radius 1 is 1.05 bits per heavy atom. The number of rotatable bonds is 2. The zero-order chi connectivity index (χ0) is 15.0. The molecule has 4 nitrogen and oxygen atoms in total. The number of amides is 2. The maximum Gasteiger partial charge on any atom is 0.258 e. The molecule has 0 saturated carbocycles. The number of carbonyl (C=O) groups excluding carboxylic acids is 2. The lowest BCUT2D eigenvalue weighted by atomic mass is 10.1. The lowest BCUT2D eigenvalue weighted by Crippen LogP contribution is -2.35. The molecule has 0 aromatic heterocycles. The Kier molecular flexibility index (Phi) is 3.22. The predicted molar refractivity (Wildman–Crippen MR) is 81.4 cm³/mol. The molecule has 0 bridgehead atoms. The van der Waals surface area contributed by atoms with Gasteiger partial charge in [-0.3, -0.25) is 9.59 Å². The van der Waals surface area contributed by atoms with Crippen LogP contribution in [0.2, 0.25) is 0 Å². The van der Waals surface area contributed by atoms with Crippen molar-refractivity contribution in [3.05, 3.63) is 65.2 Å². The van der Waals surface area contributed by atoms with Gasteiger partial charge in [0.25, 0.3) is 5.91 Å². The van der Waals surface area contributed by atoms with E-state index in [2.05, 4.69) is 6.07 Å². The normalized spacial score (nSPS) is 16.6. The monoisotopic (exact) mass is 280 g/mol. The van der Waals surface area contributed by atoms with Gasteiger partial charge in [0.2, 0.25) is 5.91 Å². The van der Waals surface area contributed by atoms with Gasteiger partial charge in [0, 0.05) is 22.9 Å². The molecule has 2 N–H and O–H groups in total. The molecule has 0 saturated heterocycles. The molecule has 1 aliphatic rings. The van der Waals surface area contributed by atoms with E-state index < -0.39 is 5.91 Å². The molecule has 0 radical (unpaired) electrons. The molecule has 2 amide bonds. The summed E-state index contributed by atoms with van der Waals surface area (Å²) in [5.41, 5.74) is 8.33. The van der Waals surface area contributed by atoms with Gasteiger partial charge < -0.3 is 10.6 Å². The fraction of sp³-hybridized carbons (Fsp3) is 0.176. The highest BCUT2D eigenvalue weighted by atomic mass is 16.2. The van der Waals surface area contributed by atoms with E-state index in [1.165, 1.54) is 5.56 Å². The van der Waals surface area contributed by atoms with Crippen LogP contribution in [-0.2, 0) is 6.42 Å². The van der Waals surface area contributed by atoms with E-state index in [4.69, 9.17) is 5.73 Å². The lowest BCUT2D eigenvalue weighted by molar-refractivity contribution is 0.0976. The van der Waals surface area contributed by atoms with Crippen molar-refractivity contribution in [2.45, 2.75) is 19.4 Å². The van der Waals surface area contributed by atoms with Crippen LogP contribution in [0, 0.1) is 0 Å². The number of anilines is 1. The molecule has 1 atom stereocenters. The standard InChI is InChI=1S/C17H16N2O2/c1-11-10-14-4-2-3-5-15(14)19(11)17(21)13-8-6-12(7-9-13)16(18)20/h2-9,11H,10H2,1H3,(H2,18,20). The Morgan fingerprint density at radius 2 is 1.67 bits per heavy atom. The molecule has 0 spiro atoms. The van der Waals surface area contributed by atoms with Gasteiger partial charge in [-0.1, -0.05) is 18.2 Å². The van der Waals surface area contributed by atoms with Crippen molar-refractivity contribution in [2.24, 2.45) is 5.73 Å². The highest BCUT2D eigenvalue weighted by Gasteiger charge is 2.31. The van der Waals surface area contributed by atoms with Crippen molar-refractivity contribution in [3.63, 3.8) is 0 Å². The van der Waals surface area contributed by atoms with Gasteiger partial charge in [0.05, 0.1) is 0 Å². The van der Waals surface area contributed by atoms with E-state index >= 15 is 0 Å². The van der Waals surface area contributed by atoms with Gasteiger partial charge in [0.1, 0.15) is 0 Å². The number of benzene rings is 2. The molecule has 106 valence electrons. The van der Waals surface area contributed by atoms with Crippen LogP contribution in [0.3, 0.4) is 0 Å². The largest absolute Gasteiger partial charge is 0.366 e. The van der Waals surface area contributed by atoms with Crippen LogP contribution in [0.5, 0.6) is 0 Å². The molecule has 1 unspecified atom stereocenters. The predicted octanol–water partition coefficient (Wildman–Crippen LogP) is 2.38. The molecule has 3 rings (SSSR count). The van der Waals surface area contributed by atoms with Crippen molar-refractivity contribution in [1.29, 1.82) is 0 Å². The summed E-state index contributed by atoms with van der Waals surface area (Å²) in [5, 5.41) is 0. The third-order valence-electron chi connectivity index (χ3n) is 3.84. The van der Waals surface area contributed by atoms with Crippen molar-refractivity contribution in [1.82, 2.24) is 0 Å². The molecule has 21 heavy (non-hydrogen) atoms. The van der Waals surface area contributed by atoms with E-state index in [0.717, 1.165) is 12.1 Å². The van der Waals surface area contributed by atoms with Crippen LogP contribution in [0.25, 0.3) is 0 Å². The summed E-state index contributed by atoms with van der Waals surface area (Å²) in [7, 11) is 0. The Hall–Kier alpha value is -2.62. The third kappa shape index (κ3) is 2.29. The molecular formula is C17H16N2O2. The summed E-state index contributed by atoms with van der Waals surface area (Å²) in [6.45, 7) is 2.04. The maximum atomic E-state index is 12.7. The van der Waals surface area contributed by atoms with Crippen molar-refractivity contribution in [2.75, 3.05) is 4.90 Å². The van der Waals surface area contributed by atoms with E-state index in [9.17, 15) is 9.59 Å². The fourth-order valence-electron chi connectivity index (χ4n) is 2.79. The Bertz CT molecular complexity index is 707. The van der Waals surface area contributed by atoms with Gasteiger partial charge >= 0.3 is 0 Å². The smallest absolute Gasteiger partial charge is 0.258 e. The Balaban J connectivity index is 1.93. The van der Waals surface area contributed by atoms with Crippen LogP contribution >= 0.6 is 0 Å². The second kappa shape index (κ2) is 5.05. The summed E-state index contributed by atoms with van der Waals surface area (Å²) in [6, 6.07) is 14.5. The first-order valence-corrected chi connectivity index (χ1v) is 6.89. The first kappa shape index (κ1) is 13.4. The molecule has 1 aliphatic heterocycles. The van der Waals surface area contributed by atoms with Crippen LogP contribution < -0.4 is 10.6 Å². The molecule has 0 fully saturated rings. The molecular weight excluding hydrogens is 264 g/mol. The van der Waals surface area contributed by atoms with Crippen molar-refractivity contribution < 1.29 is 9.59 Å².